The van der Waals surface area contributed by atoms with Crippen LogP contribution in [0.5, 0.6) is 5.75 Å². The lowest BCUT2D eigenvalue weighted by molar-refractivity contribution is 0.0596. The van der Waals surface area contributed by atoms with Crippen LogP contribution in [-0.4, -0.2) is 17.3 Å². The maximum atomic E-state index is 13.0. The number of aliphatic hydroxyl groups excluding tert-OH is 1. The summed E-state index contributed by atoms with van der Waals surface area (Å²) in [6, 6.07) is 3.89. The van der Waals surface area contributed by atoms with E-state index in [2.05, 4.69) is 0 Å². The lowest BCUT2D eigenvalue weighted by atomic mass is 10.1. The first kappa shape index (κ1) is 12.9. The van der Waals surface area contributed by atoms with Crippen molar-refractivity contribution in [3.63, 3.8) is 0 Å². The van der Waals surface area contributed by atoms with Crippen molar-refractivity contribution in [3.05, 3.63) is 29.6 Å². The molecule has 90 valence electrons. The summed E-state index contributed by atoms with van der Waals surface area (Å²) >= 11 is 0. The zero-order chi connectivity index (χ0) is 12.3. The number of rotatable bonds is 4. The summed E-state index contributed by atoms with van der Waals surface area (Å²) < 4.78 is 18.6. The first-order valence-corrected chi connectivity index (χ1v) is 5.31. The molecule has 3 unspecified atom stereocenters. The fourth-order valence-corrected chi connectivity index (χ4v) is 1.28. The zero-order valence-corrected chi connectivity index (χ0v) is 9.77. The molecule has 0 bridgehead atoms. The second-order valence-electron chi connectivity index (χ2n) is 4.03. The van der Waals surface area contributed by atoms with E-state index in [-0.39, 0.29) is 18.0 Å². The third-order valence-electron chi connectivity index (χ3n) is 2.45. The molecule has 0 radical (unpaired) electrons. The number of aliphatic hydroxyl groups is 1. The van der Waals surface area contributed by atoms with Gasteiger partial charge in [-0.15, -0.1) is 0 Å². The van der Waals surface area contributed by atoms with E-state index < -0.39 is 6.10 Å². The van der Waals surface area contributed by atoms with Crippen molar-refractivity contribution < 1.29 is 14.2 Å². The van der Waals surface area contributed by atoms with E-state index >= 15 is 0 Å². The predicted octanol–water partition coefficient (Wildman–Crippen LogP) is 1.99. The standard InChI is InChI=1S/C12H18FNO2/c1-7(14)11-6-10(13)4-5-12(11)16-9(3)8(2)15/h4-9,15H,14H2,1-3H3. The summed E-state index contributed by atoms with van der Waals surface area (Å²) in [5.74, 6) is 0.175. The van der Waals surface area contributed by atoms with E-state index in [0.717, 1.165) is 0 Å². The van der Waals surface area contributed by atoms with Crippen LogP contribution in [0.25, 0.3) is 0 Å². The number of hydrogen-bond donors (Lipinski definition) is 2. The molecule has 0 aliphatic heterocycles. The van der Waals surface area contributed by atoms with Crippen molar-refractivity contribution >= 4 is 0 Å². The van der Waals surface area contributed by atoms with Crippen molar-refractivity contribution in [3.8, 4) is 5.75 Å². The second kappa shape index (κ2) is 5.27. The molecular weight excluding hydrogens is 209 g/mol. The highest BCUT2D eigenvalue weighted by Crippen LogP contribution is 2.26. The van der Waals surface area contributed by atoms with Crippen LogP contribution in [0.3, 0.4) is 0 Å². The quantitative estimate of drug-likeness (QED) is 0.827. The van der Waals surface area contributed by atoms with E-state index in [1.54, 1.807) is 20.8 Å². The van der Waals surface area contributed by atoms with Gasteiger partial charge in [0.25, 0.3) is 0 Å². The molecule has 3 atom stereocenters. The number of hydrogen-bond acceptors (Lipinski definition) is 3. The molecule has 4 heteroatoms. The molecule has 1 aromatic carbocycles. The largest absolute Gasteiger partial charge is 0.488 e. The van der Waals surface area contributed by atoms with E-state index in [9.17, 15) is 9.50 Å². The highest BCUT2D eigenvalue weighted by Gasteiger charge is 2.15. The molecule has 3 nitrogen and oxygen atoms in total. The molecule has 1 rings (SSSR count). The summed E-state index contributed by atoms with van der Waals surface area (Å²) in [6.07, 6.45) is -0.950. The molecule has 0 aromatic heterocycles. The smallest absolute Gasteiger partial charge is 0.124 e. The van der Waals surface area contributed by atoms with Crippen LogP contribution in [-0.2, 0) is 0 Å². The maximum Gasteiger partial charge on any atom is 0.124 e. The fraction of sp³-hybridized carbons (Fsp3) is 0.500. The Labute approximate surface area is 95.0 Å². The maximum absolute atomic E-state index is 13.0. The minimum absolute atomic E-state index is 0.313. The molecule has 1 aromatic rings. The van der Waals surface area contributed by atoms with Crippen molar-refractivity contribution in [1.29, 1.82) is 0 Å². The summed E-state index contributed by atoms with van der Waals surface area (Å²) in [6.45, 7) is 5.15. The van der Waals surface area contributed by atoms with Crippen LogP contribution < -0.4 is 10.5 Å². The van der Waals surface area contributed by atoms with Gasteiger partial charge in [0.1, 0.15) is 17.7 Å². The predicted molar refractivity (Wildman–Crippen MR) is 60.8 cm³/mol. The summed E-state index contributed by atoms with van der Waals surface area (Å²) in [4.78, 5) is 0. The average Bonchev–Trinajstić information content (AvgIpc) is 2.20. The third-order valence-corrected chi connectivity index (χ3v) is 2.45. The highest BCUT2D eigenvalue weighted by atomic mass is 19.1. The van der Waals surface area contributed by atoms with E-state index in [1.807, 2.05) is 0 Å². The summed E-state index contributed by atoms with van der Waals surface area (Å²) in [7, 11) is 0. The van der Waals surface area contributed by atoms with Gasteiger partial charge in [0.05, 0.1) is 6.10 Å². The minimum atomic E-state index is -0.592. The van der Waals surface area contributed by atoms with Gasteiger partial charge in [-0.1, -0.05) is 0 Å². The Morgan fingerprint density at radius 1 is 1.31 bits per heavy atom. The van der Waals surface area contributed by atoms with Crippen LogP contribution in [0.4, 0.5) is 4.39 Å². The van der Waals surface area contributed by atoms with Crippen molar-refractivity contribution in [2.75, 3.05) is 0 Å². The van der Waals surface area contributed by atoms with Gasteiger partial charge >= 0.3 is 0 Å². The lowest BCUT2D eigenvalue weighted by Crippen LogP contribution is -2.26. The van der Waals surface area contributed by atoms with Gasteiger partial charge < -0.3 is 15.6 Å². The highest BCUT2D eigenvalue weighted by molar-refractivity contribution is 5.36. The number of nitrogens with two attached hydrogens (primary N) is 1. The van der Waals surface area contributed by atoms with Gasteiger partial charge in [0, 0.05) is 11.6 Å². The van der Waals surface area contributed by atoms with E-state index in [4.69, 9.17) is 10.5 Å². The number of benzene rings is 1. The fourth-order valence-electron chi connectivity index (χ4n) is 1.28. The number of ether oxygens (including phenoxy) is 1. The Balaban J connectivity index is 2.95. The van der Waals surface area contributed by atoms with E-state index in [0.29, 0.717) is 11.3 Å². The monoisotopic (exact) mass is 227 g/mol. The van der Waals surface area contributed by atoms with Gasteiger partial charge in [-0.2, -0.15) is 0 Å². The van der Waals surface area contributed by atoms with Crippen LogP contribution >= 0.6 is 0 Å². The van der Waals surface area contributed by atoms with Gasteiger partial charge in [-0.05, 0) is 39.0 Å². The van der Waals surface area contributed by atoms with Crippen LogP contribution in [0.1, 0.15) is 32.4 Å². The normalized spacial score (nSPS) is 16.6. The van der Waals surface area contributed by atoms with Crippen molar-refractivity contribution in [2.45, 2.75) is 39.0 Å². The molecule has 0 heterocycles. The van der Waals surface area contributed by atoms with Crippen molar-refractivity contribution in [2.24, 2.45) is 5.73 Å². The van der Waals surface area contributed by atoms with Gasteiger partial charge in [0.2, 0.25) is 0 Å². The second-order valence-corrected chi connectivity index (χ2v) is 4.03. The van der Waals surface area contributed by atoms with Gasteiger partial charge in [-0.3, -0.25) is 0 Å². The Morgan fingerprint density at radius 2 is 1.94 bits per heavy atom. The molecule has 0 saturated carbocycles. The first-order chi connectivity index (χ1) is 7.41. The SMILES string of the molecule is CC(N)c1cc(F)ccc1OC(C)C(C)O. The first-order valence-electron chi connectivity index (χ1n) is 5.31. The molecule has 0 spiro atoms. The Bertz CT molecular complexity index is 353. The zero-order valence-electron chi connectivity index (χ0n) is 9.77. The van der Waals surface area contributed by atoms with E-state index in [1.165, 1.54) is 18.2 Å². The molecule has 0 aliphatic carbocycles. The van der Waals surface area contributed by atoms with Crippen LogP contribution in [0.15, 0.2) is 18.2 Å². The number of halogens is 1. The molecule has 0 saturated heterocycles. The van der Waals surface area contributed by atoms with Gasteiger partial charge in [0.15, 0.2) is 0 Å². The molecule has 3 N–H and O–H groups in total. The summed E-state index contributed by atoms with van der Waals surface area (Å²) in [5, 5.41) is 9.34. The molecule has 0 fully saturated rings. The van der Waals surface area contributed by atoms with Gasteiger partial charge in [-0.25, -0.2) is 4.39 Å². The Kier molecular flexibility index (Phi) is 4.26. The van der Waals surface area contributed by atoms with Crippen LogP contribution in [0.2, 0.25) is 0 Å². The minimum Gasteiger partial charge on any atom is -0.488 e. The average molecular weight is 227 g/mol. The summed E-state index contributed by atoms with van der Waals surface area (Å²) in [5.41, 5.74) is 6.33. The van der Waals surface area contributed by atoms with Crippen LogP contribution in [0, 0.1) is 5.82 Å². The lowest BCUT2D eigenvalue weighted by Gasteiger charge is -2.20. The Morgan fingerprint density at radius 3 is 2.44 bits per heavy atom. The molecular formula is C12H18FNO2. The Hall–Kier alpha value is -1.13. The molecule has 16 heavy (non-hydrogen) atoms. The molecule has 0 amide bonds. The third kappa shape index (κ3) is 3.18. The van der Waals surface area contributed by atoms with Crippen molar-refractivity contribution in [1.82, 2.24) is 0 Å². The topological polar surface area (TPSA) is 55.5 Å². The molecule has 0 aliphatic rings.